The van der Waals surface area contributed by atoms with E-state index in [0.717, 1.165) is 32.1 Å². The Kier molecular flexibility index (Phi) is 3.87. The van der Waals surface area contributed by atoms with E-state index in [1.165, 1.54) is 0 Å². The van der Waals surface area contributed by atoms with Crippen LogP contribution in [0.15, 0.2) is 18.3 Å². The van der Waals surface area contributed by atoms with E-state index in [0.29, 0.717) is 11.4 Å². The molecule has 2 atom stereocenters. The van der Waals surface area contributed by atoms with Gasteiger partial charge in [0.15, 0.2) is 5.78 Å². The largest absolute Gasteiger partial charge is 0.494 e. The highest BCUT2D eigenvalue weighted by molar-refractivity contribution is 7.86. The van der Waals surface area contributed by atoms with Crippen molar-refractivity contribution >= 4 is 16.6 Å². The maximum absolute atomic E-state index is 12.7. The number of carbonyl (C=O) groups is 1. The molecule has 2 saturated heterocycles. The number of methoxy groups -OCH3 is 1. The molecule has 0 aromatic carbocycles. The first-order valence-corrected chi connectivity index (χ1v) is 8.41. The lowest BCUT2D eigenvalue weighted by atomic mass is 9.85. The summed E-state index contributed by atoms with van der Waals surface area (Å²) < 4.78 is 17.4. The van der Waals surface area contributed by atoms with Crippen LogP contribution in [-0.2, 0) is 10.8 Å². The van der Waals surface area contributed by atoms with Gasteiger partial charge in [-0.3, -0.25) is 9.00 Å². The fourth-order valence-corrected chi connectivity index (χ4v) is 5.57. The Labute approximate surface area is 121 Å². The van der Waals surface area contributed by atoms with Crippen LogP contribution in [0.2, 0.25) is 0 Å². The summed E-state index contributed by atoms with van der Waals surface area (Å²) in [5, 5.41) is 0.400. The zero-order valence-electron chi connectivity index (χ0n) is 11.6. The fourth-order valence-electron chi connectivity index (χ4n) is 3.38. The van der Waals surface area contributed by atoms with Crippen LogP contribution in [0, 0.1) is 5.92 Å². The minimum absolute atomic E-state index is 0.0493. The van der Waals surface area contributed by atoms with Gasteiger partial charge in [0.1, 0.15) is 11.4 Å². The molecule has 2 aliphatic heterocycles. The van der Waals surface area contributed by atoms with Crippen molar-refractivity contribution < 1.29 is 13.7 Å². The molecule has 0 radical (unpaired) electrons. The summed E-state index contributed by atoms with van der Waals surface area (Å²) in [5.41, 5.74) is 0.422. The van der Waals surface area contributed by atoms with Crippen LogP contribution in [0.4, 0.5) is 0 Å². The van der Waals surface area contributed by atoms with Crippen molar-refractivity contribution in [3.05, 3.63) is 24.0 Å². The standard InChI is InChI=1S/C15H19NO3S/c1-19-13-6-3-7-16-14(13)15(17)10-8-11-4-2-5-12(9-10)20(11)18/h3,6-7,10-12H,2,4-5,8-9H2,1H3. The van der Waals surface area contributed by atoms with Crippen LogP contribution >= 0.6 is 0 Å². The van der Waals surface area contributed by atoms with E-state index in [1.807, 2.05) is 0 Å². The smallest absolute Gasteiger partial charge is 0.188 e. The lowest BCUT2D eigenvalue weighted by molar-refractivity contribution is 0.0886. The molecule has 0 amide bonds. The monoisotopic (exact) mass is 293 g/mol. The van der Waals surface area contributed by atoms with Crippen LogP contribution in [0.5, 0.6) is 5.75 Å². The molecule has 1 aromatic rings. The molecule has 2 bridgehead atoms. The van der Waals surface area contributed by atoms with Crippen molar-refractivity contribution in [1.29, 1.82) is 0 Å². The van der Waals surface area contributed by atoms with E-state index in [-0.39, 0.29) is 22.2 Å². The molecule has 4 nitrogen and oxygen atoms in total. The number of carbonyl (C=O) groups excluding carboxylic acids is 1. The lowest BCUT2D eigenvalue weighted by Crippen LogP contribution is -2.41. The predicted molar refractivity (Wildman–Crippen MR) is 77.4 cm³/mol. The second-order valence-electron chi connectivity index (χ2n) is 5.59. The number of hydrogen-bond donors (Lipinski definition) is 0. The third-order valence-corrected chi connectivity index (χ3v) is 6.57. The number of Topliss-reactive ketones (excluding diaryl/α,β-unsaturated/α-hetero) is 1. The van der Waals surface area contributed by atoms with Gasteiger partial charge < -0.3 is 4.74 Å². The summed E-state index contributed by atoms with van der Waals surface area (Å²) >= 11 is 0. The van der Waals surface area contributed by atoms with Crippen LogP contribution in [0.25, 0.3) is 0 Å². The van der Waals surface area contributed by atoms with Crippen LogP contribution in [0.3, 0.4) is 0 Å². The third-order valence-electron chi connectivity index (χ3n) is 4.40. The van der Waals surface area contributed by atoms with Crippen LogP contribution in [-0.4, -0.2) is 32.6 Å². The maximum Gasteiger partial charge on any atom is 0.188 e. The number of ketones is 1. The minimum atomic E-state index is -0.741. The van der Waals surface area contributed by atoms with Crippen LogP contribution < -0.4 is 4.74 Å². The molecule has 3 heterocycles. The van der Waals surface area contributed by atoms with Crippen LogP contribution in [0.1, 0.15) is 42.6 Å². The quantitative estimate of drug-likeness (QED) is 0.803. The average molecular weight is 293 g/mol. The predicted octanol–water partition coefficient (Wildman–Crippen LogP) is 2.35. The summed E-state index contributed by atoms with van der Waals surface area (Å²) in [6.45, 7) is 0. The topological polar surface area (TPSA) is 56.3 Å². The Morgan fingerprint density at radius 2 is 2.05 bits per heavy atom. The Bertz CT molecular complexity index is 530. The molecule has 0 N–H and O–H groups in total. The average Bonchev–Trinajstić information content (AvgIpc) is 2.46. The first kappa shape index (κ1) is 13.7. The highest BCUT2D eigenvalue weighted by Gasteiger charge is 2.41. The zero-order valence-corrected chi connectivity index (χ0v) is 12.4. The highest BCUT2D eigenvalue weighted by Crippen LogP contribution is 2.38. The fraction of sp³-hybridized carbons (Fsp3) is 0.600. The number of fused-ring (bicyclic) bond motifs is 2. The highest BCUT2D eigenvalue weighted by atomic mass is 32.2. The van der Waals surface area contributed by atoms with E-state index >= 15 is 0 Å². The van der Waals surface area contributed by atoms with Gasteiger partial charge in [0.2, 0.25) is 0 Å². The van der Waals surface area contributed by atoms with E-state index in [2.05, 4.69) is 4.98 Å². The van der Waals surface area contributed by atoms with Gasteiger partial charge in [-0.2, -0.15) is 0 Å². The van der Waals surface area contributed by atoms with E-state index in [1.54, 1.807) is 25.4 Å². The molecule has 3 rings (SSSR count). The van der Waals surface area contributed by atoms with E-state index in [4.69, 9.17) is 4.74 Å². The van der Waals surface area contributed by atoms with Gasteiger partial charge in [0, 0.05) is 33.4 Å². The molecule has 0 spiro atoms. The molecular weight excluding hydrogens is 274 g/mol. The summed E-state index contributed by atoms with van der Waals surface area (Å²) in [4.78, 5) is 16.9. The summed E-state index contributed by atoms with van der Waals surface area (Å²) in [7, 11) is 0.813. The van der Waals surface area contributed by atoms with Crippen molar-refractivity contribution in [2.24, 2.45) is 5.92 Å². The Morgan fingerprint density at radius 3 is 2.70 bits per heavy atom. The molecule has 20 heavy (non-hydrogen) atoms. The Balaban J connectivity index is 1.83. The minimum Gasteiger partial charge on any atom is -0.494 e. The first-order valence-electron chi connectivity index (χ1n) is 7.13. The number of rotatable bonds is 3. The molecular formula is C15H19NO3S. The van der Waals surface area contributed by atoms with Gasteiger partial charge in [-0.15, -0.1) is 0 Å². The zero-order chi connectivity index (χ0) is 14.1. The van der Waals surface area contributed by atoms with E-state index in [9.17, 15) is 9.00 Å². The normalized spacial score (nSPS) is 32.6. The van der Waals surface area contributed by atoms with Crippen molar-refractivity contribution in [2.75, 3.05) is 7.11 Å². The maximum atomic E-state index is 12.7. The number of ether oxygens (including phenoxy) is 1. The number of pyridine rings is 1. The van der Waals surface area contributed by atoms with Gasteiger partial charge in [0.05, 0.1) is 7.11 Å². The van der Waals surface area contributed by atoms with Gasteiger partial charge >= 0.3 is 0 Å². The molecule has 2 aliphatic rings. The second kappa shape index (κ2) is 5.64. The van der Waals surface area contributed by atoms with E-state index < -0.39 is 10.8 Å². The van der Waals surface area contributed by atoms with Gasteiger partial charge in [0.25, 0.3) is 0 Å². The number of hydrogen-bond acceptors (Lipinski definition) is 4. The number of aromatic nitrogens is 1. The Morgan fingerprint density at radius 1 is 1.35 bits per heavy atom. The third kappa shape index (κ3) is 2.39. The van der Waals surface area contributed by atoms with Gasteiger partial charge in [-0.25, -0.2) is 4.98 Å². The van der Waals surface area contributed by atoms with Crippen molar-refractivity contribution in [3.63, 3.8) is 0 Å². The van der Waals surface area contributed by atoms with Crippen molar-refractivity contribution in [2.45, 2.75) is 42.6 Å². The molecule has 2 unspecified atom stereocenters. The number of nitrogens with zero attached hydrogens (tertiary/aromatic N) is 1. The molecule has 108 valence electrons. The molecule has 1 aromatic heterocycles. The molecule has 0 aliphatic carbocycles. The Hall–Kier alpha value is -1.23. The van der Waals surface area contributed by atoms with Gasteiger partial charge in [-0.05, 0) is 37.8 Å². The molecule has 5 heteroatoms. The lowest BCUT2D eigenvalue weighted by Gasteiger charge is -2.37. The molecule has 2 fully saturated rings. The summed E-state index contributed by atoms with van der Waals surface area (Å²) in [5.74, 6) is 0.539. The van der Waals surface area contributed by atoms with Gasteiger partial charge in [-0.1, -0.05) is 6.42 Å². The SMILES string of the molecule is COc1cccnc1C(=O)C1CC2CCCC(C1)S2=O. The molecule has 0 saturated carbocycles. The first-order chi connectivity index (χ1) is 9.70. The second-order valence-corrected chi connectivity index (χ2v) is 7.58. The van der Waals surface area contributed by atoms with Crippen molar-refractivity contribution in [1.82, 2.24) is 4.98 Å². The summed E-state index contributed by atoms with van der Waals surface area (Å²) in [6.07, 6.45) is 6.23. The van der Waals surface area contributed by atoms with Crippen molar-refractivity contribution in [3.8, 4) is 5.75 Å². The summed E-state index contributed by atoms with van der Waals surface area (Å²) in [6, 6.07) is 3.53.